The predicted molar refractivity (Wildman–Crippen MR) is 108 cm³/mol. The largest absolute Gasteiger partial charge is 0.465 e. The molecule has 4 aliphatic rings. The number of rotatable bonds is 3. The van der Waals surface area contributed by atoms with E-state index in [-0.39, 0.29) is 30.1 Å². The molecule has 0 aliphatic heterocycles. The fourth-order valence-corrected chi connectivity index (χ4v) is 5.50. The summed E-state index contributed by atoms with van der Waals surface area (Å²) in [4.78, 5) is 13.0. The zero-order chi connectivity index (χ0) is 17.7. The molecular formula is C24H34O2. The van der Waals surface area contributed by atoms with Crippen molar-refractivity contribution in [2.75, 3.05) is 6.61 Å². The first kappa shape index (κ1) is 19.2. The van der Waals surface area contributed by atoms with E-state index in [2.05, 4.69) is 45.1 Å². The standard InChI is InChI=1S/C23H30O2.CH4/c1-4-14-25-21(24)17-15-16-8-5-6-12-23(16,3)19-10-13-22(2)11-7-9-18(22)20(17)19;/h6,8-9,12,17H,4-5,7,10-11,13-15H2,1-3H3;1H4/t17-,22+,23+;/m1./s1. The van der Waals surface area contributed by atoms with E-state index in [9.17, 15) is 4.79 Å². The molecule has 0 saturated heterocycles. The van der Waals surface area contributed by atoms with Crippen molar-refractivity contribution in [1.29, 1.82) is 0 Å². The zero-order valence-corrected chi connectivity index (χ0v) is 15.9. The minimum absolute atomic E-state index is 0. The van der Waals surface area contributed by atoms with Crippen molar-refractivity contribution in [3.05, 3.63) is 46.6 Å². The molecule has 0 spiro atoms. The first-order valence-corrected chi connectivity index (χ1v) is 9.98. The third-order valence-corrected chi connectivity index (χ3v) is 6.99. The quantitative estimate of drug-likeness (QED) is 0.439. The molecule has 0 amide bonds. The minimum Gasteiger partial charge on any atom is -0.465 e. The Morgan fingerprint density at radius 2 is 2.08 bits per heavy atom. The molecule has 2 heteroatoms. The fraction of sp³-hybridized carbons (Fsp3) is 0.625. The van der Waals surface area contributed by atoms with Gasteiger partial charge in [0, 0.05) is 5.41 Å². The van der Waals surface area contributed by atoms with Gasteiger partial charge in [0.25, 0.3) is 0 Å². The molecule has 0 aromatic heterocycles. The molecule has 3 atom stereocenters. The summed E-state index contributed by atoms with van der Waals surface area (Å²) in [5.74, 6) is -0.111. The summed E-state index contributed by atoms with van der Waals surface area (Å²) >= 11 is 0. The second kappa shape index (κ2) is 6.87. The van der Waals surface area contributed by atoms with E-state index in [1.54, 1.807) is 0 Å². The highest BCUT2D eigenvalue weighted by Gasteiger charge is 2.50. The molecule has 0 aromatic rings. The number of carbonyl (C=O) groups excluding carboxylic acids is 1. The highest BCUT2D eigenvalue weighted by atomic mass is 16.5. The van der Waals surface area contributed by atoms with Gasteiger partial charge in [-0.05, 0) is 68.4 Å². The van der Waals surface area contributed by atoms with Gasteiger partial charge < -0.3 is 4.74 Å². The van der Waals surface area contributed by atoms with Crippen LogP contribution in [0.4, 0.5) is 0 Å². The van der Waals surface area contributed by atoms with Gasteiger partial charge in [-0.2, -0.15) is 0 Å². The average molecular weight is 355 g/mol. The van der Waals surface area contributed by atoms with Gasteiger partial charge >= 0.3 is 5.97 Å². The van der Waals surface area contributed by atoms with Crippen LogP contribution in [0.3, 0.4) is 0 Å². The third kappa shape index (κ3) is 2.73. The van der Waals surface area contributed by atoms with E-state index in [1.165, 1.54) is 35.1 Å². The van der Waals surface area contributed by atoms with Gasteiger partial charge in [-0.1, -0.05) is 56.7 Å². The van der Waals surface area contributed by atoms with Crippen LogP contribution in [0, 0.1) is 16.7 Å². The molecule has 142 valence electrons. The van der Waals surface area contributed by atoms with Crippen LogP contribution in [0.1, 0.15) is 73.1 Å². The summed E-state index contributed by atoms with van der Waals surface area (Å²) in [6.07, 6.45) is 16.8. The Labute approximate surface area is 159 Å². The number of hydrogen-bond acceptors (Lipinski definition) is 2. The van der Waals surface area contributed by atoms with Crippen molar-refractivity contribution in [3.8, 4) is 0 Å². The summed E-state index contributed by atoms with van der Waals surface area (Å²) < 4.78 is 5.63. The van der Waals surface area contributed by atoms with Crippen LogP contribution >= 0.6 is 0 Å². The smallest absolute Gasteiger partial charge is 0.313 e. The number of ether oxygens (including phenoxy) is 1. The van der Waals surface area contributed by atoms with E-state index in [0.717, 1.165) is 32.1 Å². The SMILES string of the molecule is C.CCCOC(=O)[C@@H]1CC2=CCC=C[C@]2(C)C2=C1C1=CCC[C@@]1(C)CC2. The summed E-state index contributed by atoms with van der Waals surface area (Å²) in [6.45, 7) is 7.34. The topological polar surface area (TPSA) is 26.3 Å². The average Bonchev–Trinajstić information content (AvgIpc) is 3.00. The van der Waals surface area contributed by atoms with E-state index in [1.807, 2.05) is 0 Å². The van der Waals surface area contributed by atoms with Crippen LogP contribution in [-0.4, -0.2) is 12.6 Å². The summed E-state index contributed by atoms with van der Waals surface area (Å²) in [5, 5.41) is 0. The number of carbonyl (C=O) groups is 1. The second-order valence-electron chi connectivity index (χ2n) is 8.60. The summed E-state index contributed by atoms with van der Waals surface area (Å²) in [6, 6.07) is 0. The zero-order valence-electron chi connectivity index (χ0n) is 15.9. The van der Waals surface area contributed by atoms with Crippen molar-refractivity contribution in [3.63, 3.8) is 0 Å². The minimum atomic E-state index is -0.101. The number of esters is 1. The lowest BCUT2D eigenvalue weighted by molar-refractivity contribution is -0.147. The third-order valence-electron chi connectivity index (χ3n) is 6.99. The van der Waals surface area contributed by atoms with E-state index in [0.29, 0.717) is 6.61 Å². The van der Waals surface area contributed by atoms with Crippen molar-refractivity contribution in [2.24, 2.45) is 16.7 Å². The maximum Gasteiger partial charge on any atom is 0.313 e. The number of fused-ring (bicyclic) bond motifs is 4. The number of hydrogen-bond donors (Lipinski definition) is 0. The first-order chi connectivity index (χ1) is 12.0. The van der Waals surface area contributed by atoms with Crippen molar-refractivity contribution < 1.29 is 9.53 Å². The Hall–Kier alpha value is -1.57. The van der Waals surface area contributed by atoms with Gasteiger partial charge in [0.1, 0.15) is 0 Å². The lowest BCUT2D eigenvalue weighted by atomic mass is 9.55. The molecule has 0 unspecified atom stereocenters. The van der Waals surface area contributed by atoms with Gasteiger partial charge in [-0.3, -0.25) is 4.79 Å². The lowest BCUT2D eigenvalue weighted by Gasteiger charge is -2.49. The van der Waals surface area contributed by atoms with Gasteiger partial charge in [0.05, 0.1) is 12.5 Å². The highest BCUT2D eigenvalue weighted by Crippen LogP contribution is 2.61. The molecule has 4 aliphatic carbocycles. The number of allylic oxidation sites excluding steroid dienone is 7. The maximum absolute atomic E-state index is 13.0. The molecule has 0 heterocycles. The van der Waals surface area contributed by atoms with Gasteiger partial charge in [0.15, 0.2) is 0 Å². The van der Waals surface area contributed by atoms with Gasteiger partial charge in [-0.25, -0.2) is 0 Å². The Morgan fingerprint density at radius 3 is 2.85 bits per heavy atom. The molecule has 2 nitrogen and oxygen atoms in total. The summed E-state index contributed by atoms with van der Waals surface area (Å²) in [5.41, 5.74) is 6.00. The van der Waals surface area contributed by atoms with E-state index < -0.39 is 0 Å². The van der Waals surface area contributed by atoms with Crippen LogP contribution in [0.15, 0.2) is 46.6 Å². The summed E-state index contributed by atoms with van der Waals surface area (Å²) in [7, 11) is 0. The van der Waals surface area contributed by atoms with Crippen molar-refractivity contribution >= 4 is 5.97 Å². The molecule has 0 N–H and O–H groups in total. The molecule has 4 rings (SSSR count). The molecule has 0 radical (unpaired) electrons. The molecule has 26 heavy (non-hydrogen) atoms. The molecular weight excluding hydrogens is 320 g/mol. The van der Waals surface area contributed by atoms with Crippen LogP contribution < -0.4 is 0 Å². The monoisotopic (exact) mass is 354 g/mol. The second-order valence-corrected chi connectivity index (χ2v) is 8.60. The van der Waals surface area contributed by atoms with Gasteiger partial charge in [0.2, 0.25) is 0 Å². The molecule has 0 bridgehead atoms. The van der Waals surface area contributed by atoms with Crippen LogP contribution in [-0.2, 0) is 9.53 Å². The molecule has 0 saturated carbocycles. The van der Waals surface area contributed by atoms with Crippen molar-refractivity contribution in [1.82, 2.24) is 0 Å². The Bertz CT molecular complexity index is 720. The van der Waals surface area contributed by atoms with Crippen molar-refractivity contribution in [2.45, 2.75) is 73.1 Å². The predicted octanol–water partition coefficient (Wildman–Crippen LogP) is 6.31. The Kier molecular flexibility index (Phi) is 5.07. The Morgan fingerprint density at radius 1 is 1.27 bits per heavy atom. The normalized spacial score (nSPS) is 34.8. The van der Waals surface area contributed by atoms with Gasteiger partial charge in [-0.15, -0.1) is 0 Å². The maximum atomic E-state index is 13.0. The lowest BCUT2D eigenvalue weighted by Crippen LogP contribution is -2.39. The fourth-order valence-electron chi connectivity index (χ4n) is 5.50. The first-order valence-electron chi connectivity index (χ1n) is 9.98. The van der Waals surface area contributed by atoms with Crippen LogP contribution in [0.2, 0.25) is 0 Å². The van der Waals surface area contributed by atoms with E-state index in [4.69, 9.17) is 4.74 Å². The van der Waals surface area contributed by atoms with E-state index >= 15 is 0 Å². The van der Waals surface area contributed by atoms with Crippen LogP contribution in [0.5, 0.6) is 0 Å². The Balaban J connectivity index is 0.00000196. The highest BCUT2D eigenvalue weighted by molar-refractivity contribution is 5.80. The molecule has 0 aromatic carbocycles. The molecule has 0 fully saturated rings. The van der Waals surface area contributed by atoms with Crippen LogP contribution in [0.25, 0.3) is 0 Å².